The van der Waals surface area contributed by atoms with Crippen LogP contribution < -0.4 is 0 Å². The lowest BCUT2D eigenvalue weighted by Gasteiger charge is -2.07. The smallest absolute Gasteiger partial charge is 0.0264 e. The van der Waals surface area contributed by atoms with Crippen LogP contribution in [-0.4, -0.2) is 0 Å². The summed E-state index contributed by atoms with van der Waals surface area (Å²) in [5.74, 6) is 0. The number of fused-ring (bicyclic) bond motifs is 1. The fraction of sp³-hybridized carbons (Fsp3) is 0.333. The molecule has 2 heteroatoms. The standard InChI is InChI=1S/C9H10S2/c1-6-3-4-8-9(10-6)5-7(2)11-8/h3,5H,4H2,1-2H3. The molecule has 58 valence electrons. The molecule has 0 aliphatic carbocycles. The first kappa shape index (κ1) is 7.44. The molecule has 11 heavy (non-hydrogen) atoms. The average Bonchev–Trinajstić information content (AvgIpc) is 2.27. The van der Waals surface area contributed by atoms with Gasteiger partial charge in [-0.25, -0.2) is 0 Å². The Morgan fingerprint density at radius 3 is 3.00 bits per heavy atom. The van der Waals surface area contributed by atoms with Crippen molar-refractivity contribution in [3.8, 4) is 0 Å². The zero-order valence-electron chi connectivity index (χ0n) is 6.68. The lowest BCUT2D eigenvalue weighted by molar-refractivity contribution is 1.22. The average molecular weight is 182 g/mol. The van der Waals surface area contributed by atoms with Gasteiger partial charge in [0.1, 0.15) is 0 Å². The Bertz CT molecular complexity index is 307. The molecule has 0 unspecified atom stereocenters. The van der Waals surface area contributed by atoms with Crippen LogP contribution in [0.3, 0.4) is 0 Å². The number of aryl methyl sites for hydroxylation is 1. The van der Waals surface area contributed by atoms with E-state index in [9.17, 15) is 0 Å². The summed E-state index contributed by atoms with van der Waals surface area (Å²) >= 11 is 3.83. The Morgan fingerprint density at radius 2 is 2.18 bits per heavy atom. The molecule has 0 spiro atoms. The maximum absolute atomic E-state index is 2.31. The Kier molecular flexibility index (Phi) is 1.81. The minimum atomic E-state index is 1.15. The minimum absolute atomic E-state index is 1.15. The molecule has 0 bridgehead atoms. The van der Waals surface area contributed by atoms with Crippen LogP contribution in [0.2, 0.25) is 0 Å². The molecule has 1 aromatic rings. The molecule has 0 radical (unpaired) electrons. The van der Waals surface area contributed by atoms with E-state index in [4.69, 9.17) is 0 Å². The summed E-state index contributed by atoms with van der Waals surface area (Å²) in [5, 5.41) is 0. The molecule has 2 heterocycles. The van der Waals surface area contributed by atoms with Crippen LogP contribution in [0.4, 0.5) is 0 Å². The van der Waals surface area contributed by atoms with Gasteiger partial charge in [-0.05, 0) is 24.8 Å². The quantitative estimate of drug-likeness (QED) is 0.590. The van der Waals surface area contributed by atoms with Crippen LogP contribution in [0.1, 0.15) is 16.7 Å². The monoisotopic (exact) mass is 182 g/mol. The van der Waals surface area contributed by atoms with Gasteiger partial charge in [0.05, 0.1) is 0 Å². The molecule has 0 saturated carbocycles. The van der Waals surface area contributed by atoms with E-state index in [0.29, 0.717) is 0 Å². The summed E-state index contributed by atoms with van der Waals surface area (Å²) in [4.78, 5) is 5.89. The van der Waals surface area contributed by atoms with Gasteiger partial charge in [0.25, 0.3) is 0 Å². The second-order valence-electron chi connectivity index (χ2n) is 2.77. The molecule has 0 amide bonds. The number of hydrogen-bond acceptors (Lipinski definition) is 2. The Morgan fingerprint density at radius 1 is 1.36 bits per heavy atom. The molecule has 0 atom stereocenters. The van der Waals surface area contributed by atoms with E-state index in [1.807, 2.05) is 23.1 Å². The number of allylic oxidation sites excluding steroid dienone is 2. The van der Waals surface area contributed by atoms with Gasteiger partial charge in [0.15, 0.2) is 0 Å². The van der Waals surface area contributed by atoms with Crippen LogP contribution in [0.15, 0.2) is 21.9 Å². The lowest BCUT2D eigenvalue weighted by atomic mass is 10.3. The van der Waals surface area contributed by atoms with Crippen molar-refractivity contribution in [3.05, 3.63) is 26.8 Å². The molecule has 1 aromatic heterocycles. The van der Waals surface area contributed by atoms with E-state index in [0.717, 1.165) is 6.42 Å². The third-order valence-corrected chi connectivity index (χ3v) is 4.01. The topological polar surface area (TPSA) is 0 Å². The zero-order valence-corrected chi connectivity index (χ0v) is 8.31. The summed E-state index contributed by atoms with van der Waals surface area (Å²) in [5.41, 5.74) is 0. The molecular weight excluding hydrogens is 172 g/mol. The highest BCUT2D eigenvalue weighted by Gasteiger charge is 2.11. The first-order valence-corrected chi connectivity index (χ1v) is 5.33. The zero-order chi connectivity index (χ0) is 7.84. The van der Waals surface area contributed by atoms with Crippen molar-refractivity contribution in [2.45, 2.75) is 25.2 Å². The summed E-state index contributed by atoms with van der Waals surface area (Å²) in [7, 11) is 0. The van der Waals surface area contributed by atoms with Gasteiger partial charge in [-0.2, -0.15) is 0 Å². The largest absolute Gasteiger partial charge is 0.144 e. The van der Waals surface area contributed by atoms with E-state index < -0.39 is 0 Å². The van der Waals surface area contributed by atoms with E-state index in [1.165, 1.54) is 19.6 Å². The van der Waals surface area contributed by atoms with Crippen molar-refractivity contribution >= 4 is 23.1 Å². The normalized spacial score (nSPS) is 16.0. The van der Waals surface area contributed by atoms with Crippen molar-refractivity contribution < 1.29 is 0 Å². The molecular formula is C9H10S2. The van der Waals surface area contributed by atoms with Crippen molar-refractivity contribution in [3.63, 3.8) is 0 Å². The lowest BCUT2D eigenvalue weighted by Crippen LogP contribution is -1.85. The van der Waals surface area contributed by atoms with E-state index in [-0.39, 0.29) is 0 Å². The molecule has 1 aliphatic rings. The predicted molar refractivity (Wildman–Crippen MR) is 52.4 cm³/mol. The van der Waals surface area contributed by atoms with Gasteiger partial charge in [0.2, 0.25) is 0 Å². The summed E-state index contributed by atoms with van der Waals surface area (Å²) in [6, 6.07) is 2.29. The summed E-state index contributed by atoms with van der Waals surface area (Å²) in [6.07, 6.45) is 3.45. The van der Waals surface area contributed by atoms with E-state index >= 15 is 0 Å². The summed E-state index contributed by atoms with van der Waals surface area (Å²) < 4.78 is 0. The SMILES string of the molecule is CC1=CCc2sc(C)cc2S1. The van der Waals surface area contributed by atoms with Crippen LogP contribution >= 0.6 is 23.1 Å². The van der Waals surface area contributed by atoms with Crippen molar-refractivity contribution in [2.75, 3.05) is 0 Å². The third-order valence-electron chi connectivity index (χ3n) is 1.74. The van der Waals surface area contributed by atoms with Gasteiger partial charge < -0.3 is 0 Å². The minimum Gasteiger partial charge on any atom is -0.144 e. The Balaban J connectivity index is 2.40. The fourth-order valence-corrected chi connectivity index (χ4v) is 3.38. The number of rotatable bonds is 0. The van der Waals surface area contributed by atoms with Gasteiger partial charge >= 0.3 is 0 Å². The van der Waals surface area contributed by atoms with E-state index in [2.05, 4.69) is 26.0 Å². The van der Waals surface area contributed by atoms with Crippen LogP contribution in [0.25, 0.3) is 0 Å². The molecule has 0 saturated heterocycles. The predicted octanol–water partition coefficient (Wildman–Crippen LogP) is 3.61. The van der Waals surface area contributed by atoms with Gasteiger partial charge in [-0.3, -0.25) is 0 Å². The van der Waals surface area contributed by atoms with Gasteiger partial charge in [-0.15, -0.1) is 11.3 Å². The number of thioether (sulfide) groups is 1. The first-order valence-electron chi connectivity index (χ1n) is 3.69. The van der Waals surface area contributed by atoms with E-state index in [1.54, 1.807) is 0 Å². The summed E-state index contributed by atoms with van der Waals surface area (Å²) in [6.45, 7) is 4.36. The highest BCUT2D eigenvalue weighted by Crippen LogP contribution is 2.38. The molecule has 2 rings (SSSR count). The van der Waals surface area contributed by atoms with Crippen molar-refractivity contribution in [2.24, 2.45) is 0 Å². The van der Waals surface area contributed by atoms with Gasteiger partial charge in [0, 0.05) is 21.1 Å². The Hall–Kier alpha value is -0.210. The van der Waals surface area contributed by atoms with Crippen LogP contribution in [0, 0.1) is 6.92 Å². The number of thiophene rings is 1. The highest BCUT2D eigenvalue weighted by molar-refractivity contribution is 8.03. The van der Waals surface area contributed by atoms with Crippen molar-refractivity contribution in [1.29, 1.82) is 0 Å². The molecule has 0 aromatic carbocycles. The van der Waals surface area contributed by atoms with Crippen molar-refractivity contribution in [1.82, 2.24) is 0 Å². The second kappa shape index (κ2) is 2.68. The fourth-order valence-electron chi connectivity index (χ4n) is 1.22. The van der Waals surface area contributed by atoms with Crippen LogP contribution in [-0.2, 0) is 6.42 Å². The first-order chi connectivity index (χ1) is 5.25. The molecule has 0 nitrogen and oxygen atoms in total. The maximum Gasteiger partial charge on any atom is 0.0264 e. The highest BCUT2D eigenvalue weighted by atomic mass is 32.2. The maximum atomic E-state index is 2.31. The molecule has 0 fully saturated rings. The van der Waals surface area contributed by atoms with Gasteiger partial charge in [-0.1, -0.05) is 17.8 Å². The number of hydrogen-bond donors (Lipinski definition) is 0. The second-order valence-corrected chi connectivity index (χ2v) is 5.39. The Labute approximate surface area is 75.3 Å². The molecule has 0 N–H and O–H groups in total. The third kappa shape index (κ3) is 1.37. The van der Waals surface area contributed by atoms with Crippen LogP contribution in [0.5, 0.6) is 0 Å². The molecule has 1 aliphatic heterocycles.